The lowest BCUT2D eigenvalue weighted by atomic mass is 10.3. The Morgan fingerprint density at radius 3 is 2.68 bits per heavy atom. The molecule has 0 saturated carbocycles. The average Bonchev–Trinajstić information content (AvgIpc) is 2.90. The molecular formula is C13H17N5S. The first kappa shape index (κ1) is 12.2. The molecule has 6 heteroatoms. The maximum Gasteiger partial charge on any atom is 0.202 e. The number of hydrogen-bond donors (Lipinski definition) is 1. The third-order valence-corrected chi connectivity index (χ3v) is 4.59. The largest absolute Gasteiger partial charge is 0.369 e. The minimum absolute atomic E-state index is 0.551. The fourth-order valence-electron chi connectivity index (χ4n) is 2.39. The van der Waals surface area contributed by atoms with Crippen LogP contribution in [-0.4, -0.2) is 19.3 Å². The van der Waals surface area contributed by atoms with Gasteiger partial charge in [0, 0.05) is 16.8 Å². The number of fused-ring (bicyclic) bond motifs is 1. The minimum atomic E-state index is 0.551. The maximum atomic E-state index is 6.04. The summed E-state index contributed by atoms with van der Waals surface area (Å²) in [4.78, 5) is 7.07. The van der Waals surface area contributed by atoms with Crippen molar-refractivity contribution in [2.45, 2.75) is 27.3 Å². The van der Waals surface area contributed by atoms with Gasteiger partial charge in [-0.2, -0.15) is 5.10 Å². The van der Waals surface area contributed by atoms with E-state index in [9.17, 15) is 0 Å². The molecule has 0 amide bonds. The van der Waals surface area contributed by atoms with Gasteiger partial charge in [0.25, 0.3) is 0 Å². The van der Waals surface area contributed by atoms with Crippen LogP contribution < -0.4 is 5.73 Å². The Labute approximate surface area is 115 Å². The molecule has 2 N–H and O–H groups in total. The minimum Gasteiger partial charge on any atom is -0.369 e. The standard InChI is InChI=1S/C13H17N5S/c1-7-5-10(19-9(7)3)6-18-12-11(15-13(18)14)8(2)16-17(12)4/h5H,6H2,1-4H3,(H2,14,15). The molecular weight excluding hydrogens is 258 g/mol. The van der Waals surface area contributed by atoms with Crippen LogP contribution >= 0.6 is 11.3 Å². The fraction of sp³-hybridized carbons (Fsp3) is 0.385. The van der Waals surface area contributed by atoms with Gasteiger partial charge in [0.15, 0.2) is 5.65 Å². The van der Waals surface area contributed by atoms with E-state index >= 15 is 0 Å². The van der Waals surface area contributed by atoms with E-state index in [4.69, 9.17) is 5.73 Å². The quantitative estimate of drug-likeness (QED) is 0.781. The molecule has 0 bridgehead atoms. The molecule has 0 aromatic carbocycles. The number of thiophene rings is 1. The third-order valence-electron chi connectivity index (χ3n) is 3.45. The number of hydrogen-bond acceptors (Lipinski definition) is 4. The number of nitrogens with two attached hydrogens (primary N) is 1. The monoisotopic (exact) mass is 275 g/mol. The van der Waals surface area contributed by atoms with E-state index in [1.54, 1.807) is 0 Å². The molecule has 0 unspecified atom stereocenters. The molecule has 5 nitrogen and oxygen atoms in total. The van der Waals surface area contributed by atoms with E-state index < -0.39 is 0 Å². The molecule has 0 aliphatic heterocycles. The van der Waals surface area contributed by atoms with Gasteiger partial charge in [-0.15, -0.1) is 11.3 Å². The molecule has 100 valence electrons. The van der Waals surface area contributed by atoms with Gasteiger partial charge in [0.1, 0.15) is 5.52 Å². The van der Waals surface area contributed by atoms with Crippen LogP contribution in [0, 0.1) is 20.8 Å². The van der Waals surface area contributed by atoms with Crippen molar-refractivity contribution in [3.05, 3.63) is 27.1 Å². The summed E-state index contributed by atoms with van der Waals surface area (Å²) in [5, 5.41) is 4.40. The van der Waals surface area contributed by atoms with Gasteiger partial charge in [-0.25, -0.2) is 4.98 Å². The second kappa shape index (κ2) is 4.09. The molecule has 0 aliphatic rings. The molecule has 0 atom stereocenters. The Bertz CT molecular complexity index is 742. The molecule has 19 heavy (non-hydrogen) atoms. The molecule has 3 aromatic rings. The van der Waals surface area contributed by atoms with Crippen LogP contribution in [0.1, 0.15) is 21.0 Å². The van der Waals surface area contributed by atoms with E-state index in [1.165, 1.54) is 15.3 Å². The smallest absolute Gasteiger partial charge is 0.202 e. The number of imidazole rings is 1. The highest BCUT2D eigenvalue weighted by Gasteiger charge is 2.16. The van der Waals surface area contributed by atoms with Gasteiger partial charge in [0.05, 0.1) is 12.2 Å². The molecule has 0 fully saturated rings. The Balaban J connectivity index is 2.12. The van der Waals surface area contributed by atoms with E-state index in [-0.39, 0.29) is 0 Å². The van der Waals surface area contributed by atoms with Gasteiger partial charge in [-0.1, -0.05) is 0 Å². The number of aromatic nitrogens is 4. The van der Waals surface area contributed by atoms with Crippen LogP contribution in [0.4, 0.5) is 5.95 Å². The summed E-state index contributed by atoms with van der Waals surface area (Å²) in [7, 11) is 1.93. The van der Waals surface area contributed by atoms with E-state index in [1.807, 2.05) is 34.6 Å². The van der Waals surface area contributed by atoms with Crippen LogP contribution in [0.3, 0.4) is 0 Å². The highest BCUT2D eigenvalue weighted by molar-refractivity contribution is 7.12. The Kier molecular flexibility index (Phi) is 2.63. The zero-order chi connectivity index (χ0) is 13.7. The molecule has 3 heterocycles. The summed E-state index contributed by atoms with van der Waals surface area (Å²) < 4.78 is 3.88. The summed E-state index contributed by atoms with van der Waals surface area (Å²) >= 11 is 1.81. The maximum absolute atomic E-state index is 6.04. The molecule has 0 aliphatic carbocycles. The van der Waals surface area contributed by atoms with E-state index in [0.717, 1.165) is 23.4 Å². The summed E-state index contributed by atoms with van der Waals surface area (Å²) in [6.07, 6.45) is 0. The number of aryl methyl sites for hydroxylation is 4. The first-order chi connectivity index (χ1) is 8.97. The third kappa shape index (κ3) is 1.83. The van der Waals surface area contributed by atoms with Crippen LogP contribution in [-0.2, 0) is 13.6 Å². The summed E-state index contributed by atoms with van der Waals surface area (Å²) in [5.74, 6) is 0.551. The van der Waals surface area contributed by atoms with Crippen molar-refractivity contribution in [3.63, 3.8) is 0 Å². The van der Waals surface area contributed by atoms with Crippen molar-refractivity contribution in [2.24, 2.45) is 7.05 Å². The topological polar surface area (TPSA) is 61.7 Å². The van der Waals surface area contributed by atoms with Crippen molar-refractivity contribution in [3.8, 4) is 0 Å². The lowest BCUT2D eigenvalue weighted by Gasteiger charge is -2.04. The zero-order valence-corrected chi connectivity index (χ0v) is 12.4. The average molecular weight is 275 g/mol. The van der Waals surface area contributed by atoms with Crippen molar-refractivity contribution < 1.29 is 0 Å². The van der Waals surface area contributed by atoms with E-state index in [0.29, 0.717) is 5.95 Å². The second-order valence-electron chi connectivity index (χ2n) is 4.89. The van der Waals surface area contributed by atoms with Crippen LogP contribution in [0.25, 0.3) is 11.2 Å². The van der Waals surface area contributed by atoms with Gasteiger partial charge < -0.3 is 5.73 Å². The predicted octanol–water partition coefficient (Wildman–Crippen LogP) is 2.39. The van der Waals surface area contributed by atoms with Gasteiger partial charge >= 0.3 is 0 Å². The molecule has 0 saturated heterocycles. The molecule has 3 aromatic heterocycles. The normalized spacial score (nSPS) is 11.6. The summed E-state index contributed by atoms with van der Waals surface area (Å²) in [6.45, 7) is 6.99. The van der Waals surface area contributed by atoms with Crippen LogP contribution in [0.5, 0.6) is 0 Å². The molecule has 0 spiro atoms. The van der Waals surface area contributed by atoms with Gasteiger partial charge in [0.2, 0.25) is 5.95 Å². The summed E-state index contributed by atoms with van der Waals surface area (Å²) in [6, 6.07) is 2.22. The van der Waals surface area contributed by atoms with E-state index in [2.05, 4.69) is 30.0 Å². The predicted molar refractivity (Wildman–Crippen MR) is 78.5 cm³/mol. The zero-order valence-electron chi connectivity index (χ0n) is 11.6. The molecule has 3 rings (SSSR count). The Hall–Kier alpha value is -1.82. The van der Waals surface area contributed by atoms with Gasteiger partial charge in [-0.3, -0.25) is 9.25 Å². The van der Waals surface area contributed by atoms with Crippen LogP contribution in [0.2, 0.25) is 0 Å². The van der Waals surface area contributed by atoms with Crippen molar-refractivity contribution in [2.75, 3.05) is 5.73 Å². The Morgan fingerprint density at radius 2 is 2.05 bits per heavy atom. The number of nitrogen functional groups attached to an aromatic ring is 1. The number of anilines is 1. The SMILES string of the molecule is Cc1cc(Cn2c(N)nc3c(C)nn(C)c32)sc1C. The van der Waals surface area contributed by atoms with Crippen LogP contribution in [0.15, 0.2) is 6.07 Å². The highest BCUT2D eigenvalue weighted by atomic mass is 32.1. The highest BCUT2D eigenvalue weighted by Crippen LogP contribution is 2.26. The summed E-state index contributed by atoms with van der Waals surface area (Å²) in [5.41, 5.74) is 10.2. The fourth-order valence-corrected chi connectivity index (χ4v) is 3.43. The number of nitrogens with zero attached hydrogens (tertiary/aromatic N) is 4. The lowest BCUT2D eigenvalue weighted by molar-refractivity contribution is 0.729. The Morgan fingerprint density at radius 1 is 1.32 bits per heavy atom. The van der Waals surface area contributed by atoms with Crippen molar-refractivity contribution >= 4 is 28.4 Å². The van der Waals surface area contributed by atoms with Gasteiger partial charge in [-0.05, 0) is 32.4 Å². The van der Waals surface area contributed by atoms with Crippen molar-refractivity contribution in [1.82, 2.24) is 19.3 Å². The molecule has 0 radical (unpaired) electrons. The number of rotatable bonds is 2. The second-order valence-corrected chi connectivity index (χ2v) is 6.23. The first-order valence-electron chi connectivity index (χ1n) is 6.18. The van der Waals surface area contributed by atoms with Crippen molar-refractivity contribution in [1.29, 1.82) is 0 Å². The lowest BCUT2D eigenvalue weighted by Crippen LogP contribution is -2.07. The first-order valence-corrected chi connectivity index (χ1v) is 7.00.